The summed E-state index contributed by atoms with van der Waals surface area (Å²) in [4.78, 5) is 38.9. The highest BCUT2D eigenvalue weighted by Gasteiger charge is 2.13. The molecule has 0 saturated carbocycles. The molecule has 7 nitrogen and oxygen atoms in total. The molecule has 3 aromatic rings. The number of benzene rings is 2. The van der Waals surface area contributed by atoms with Crippen LogP contribution in [0.1, 0.15) is 10.4 Å². The number of carbonyl (C=O) groups is 1. The maximum atomic E-state index is 12.3. The number of nitrogens with zero attached hydrogens (tertiary/aromatic N) is 3. The zero-order valence-electron chi connectivity index (χ0n) is 11.9. The summed E-state index contributed by atoms with van der Waals surface area (Å²) < 4.78 is 1.20. The molecule has 0 radical (unpaired) electrons. The van der Waals surface area contributed by atoms with Crippen LogP contribution in [0.2, 0.25) is 0 Å². The topological polar surface area (TPSA) is 95.1 Å². The molecule has 2 aromatic carbocycles. The van der Waals surface area contributed by atoms with Gasteiger partial charge in [0.15, 0.2) is 5.78 Å². The van der Waals surface area contributed by atoms with Crippen molar-refractivity contribution in [2.75, 3.05) is 0 Å². The van der Waals surface area contributed by atoms with Crippen LogP contribution >= 0.6 is 0 Å². The van der Waals surface area contributed by atoms with Crippen LogP contribution in [0.25, 0.3) is 10.9 Å². The normalized spacial score (nSPS) is 10.6. The van der Waals surface area contributed by atoms with Gasteiger partial charge < -0.3 is 0 Å². The second-order valence-corrected chi connectivity index (χ2v) is 4.93. The highest BCUT2D eigenvalue weighted by molar-refractivity contribution is 5.96. The van der Waals surface area contributed by atoms with Crippen LogP contribution in [0.5, 0.6) is 0 Å². The molecule has 0 aliphatic rings. The van der Waals surface area contributed by atoms with Gasteiger partial charge >= 0.3 is 0 Å². The molecule has 3 rings (SSSR count). The minimum Gasteiger partial charge on any atom is -0.292 e. The van der Waals surface area contributed by atoms with E-state index in [9.17, 15) is 19.7 Å². The van der Waals surface area contributed by atoms with Crippen LogP contribution < -0.4 is 5.56 Å². The lowest BCUT2D eigenvalue weighted by Gasteiger charge is -2.06. The summed E-state index contributed by atoms with van der Waals surface area (Å²) in [6.45, 7) is -0.224. The van der Waals surface area contributed by atoms with Gasteiger partial charge in [-0.2, -0.15) is 0 Å². The van der Waals surface area contributed by atoms with Gasteiger partial charge in [0.2, 0.25) is 0 Å². The summed E-state index contributed by atoms with van der Waals surface area (Å²) >= 11 is 0. The molecule has 0 bridgehead atoms. The van der Waals surface area contributed by atoms with E-state index in [1.165, 1.54) is 35.2 Å². The molecule has 7 heteroatoms. The Labute approximate surface area is 130 Å². The lowest BCUT2D eigenvalue weighted by molar-refractivity contribution is -0.384. The van der Waals surface area contributed by atoms with Crippen molar-refractivity contribution in [1.29, 1.82) is 0 Å². The predicted molar refractivity (Wildman–Crippen MR) is 83.4 cm³/mol. The minimum absolute atomic E-state index is 0.167. The number of para-hydroxylation sites is 1. The van der Waals surface area contributed by atoms with E-state index in [2.05, 4.69) is 4.98 Å². The number of non-ortho nitro benzene ring substituents is 1. The lowest BCUT2D eigenvalue weighted by Crippen LogP contribution is -2.24. The third kappa shape index (κ3) is 2.84. The zero-order chi connectivity index (χ0) is 16.4. The third-order valence-electron chi connectivity index (χ3n) is 3.42. The average Bonchev–Trinajstić information content (AvgIpc) is 2.57. The fraction of sp³-hybridized carbons (Fsp3) is 0.0625. The number of nitro groups is 1. The van der Waals surface area contributed by atoms with Gasteiger partial charge in [0, 0.05) is 17.7 Å². The predicted octanol–water partition coefficient (Wildman–Crippen LogP) is 2.19. The maximum absolute atomic E-state index is 12.3. The van der Waals surface area contributed by atoms with E-state index in [1.54, 1.807) is 24.3 Å². The summed E-state index contributed by atoms with van der Waals surface area (Å²) in [6, 6.07) is 12.3. The largest absolute Gasteiger partial charge is 0.292 e. The third-order valence-corrected chi connectivity index (χ3v) is 3.42. The Kier molecular flexibility index (Phi) is 3.68. The highest BCUT2D eigenvalue weighted by Crippen LogP contribution is 2.14. The fourth-order valence-corrected chi connectivity index (χ4v) is 2.26. The van der Waals surface area contributed by atoms with Gasteiger partial charge in [-0.05, 0) is 12.1 Å². The van der Waals surface area contributed by atoms with Gasteiger partial charge in [-0.1, -0.05) is 24.3 Å². The van der Waals surface area contributed by atoms with Crippen molar-refractivity contribution < 1.29 is 9.72 Å². The number of ketones is 1. The number of rotatable bonds is 4. The van der Waals surface area contributed by atoms with Crippen molar-refractivity contribution in [2.45, 2.75) is 6.54 Å². The molecule has 0 aliphatic heterocycles. The molecular formula is C16H11N3O4. The second kappa shape index (κ2) is 5.80. The van der Waals surface area contributed by atoms with E-state index in [1.807, 2.05) is 0 Å². The van der Waals surface area contributed by atoms with Crippen molar-refractivity contribution in [2.24, 2.45) is 0 Å². The number of fused-ring (bicyclic) bond motifs is 1. The number of Topliss-reactive ketones (excluding diaryl/α,β-unsaturated/α-hetero) is 1. The first-order valence-corrected chi connectivity index (χ1v) is 6.78. The number of hydrogen-bond acceptors (Lipinski definition) is 5. The zero-order valence-corrected chi connectivity index (χ0v) is 11.9. The Morgan fingerprint density at radius 3 is 2.74 bits per heavy atom. The van der Waals surface area contributed by atoms with E-state index in [4.69, 9.17) is 0 Å². The molecule has 0 unspecified atom stereocenters. The van der Waals surface area contributed by atoms with Crippen LogP contribution in [0.3, 0.4) is 0 Å². The first-order chi connectivity index (χ1) is 11.1. The summed E-state index contributed by atoms with van der Waals surface area (Å²) in [7, 11) is 0. The first-order valence-electron chi connectivity index (χ1n) is 6.78. The van der Waals surface area contributed by atoms with Crippen molar-refractivity contribution >= 4 is 22.4 Å². The Morgan fingerprint density at radius 2 is 1.96 bits per heavy atom. The number of hydrogen-bond donors (Lipinski definition) is 0. The van der Waals surface area contributed by atoms with Gasteiger partial charge in [-0.25, -0.2) is 4.98 Å². The maximum Gasteiger partial charge on any atom is 0.270 e. The fourth-order valence-electron chi connectivity index (χ4n) is 2.26. The molecule has 1 heterocycles. The molecule has 114 valence electrons. The van der Waals surface area contributed by atoms with Crippen LogP contribution in [-0.4, -0.2) is 20.3 Å². The van der Waals surface area contributed by atoms with Crippen molar-refractivity contribution in [3.63, 3.8) is 0 Å². The molecule has 1 aromatic heterocycles. The van der Waals surface area contributed by atoms with Gasteiger partial charge in [-0.15, -0.1) is 0 Å². The van der Waals surface area contributed by atoms with Crippen molar-refractivity contribution in [3.8, 4) is 0 Å². The van der Waals surface area contributed by atoms with E-state index >= 15 is 0 Å². The average molecular weight is 309 g/mol. The van der Waals surface area contributed by atoms with E-state index in [0.717, 1.165) is 0 Å². The second-order valence-electron chi connectivity index (χ2n) is 4.93. The summed E-state index contributed by atoms with van der Waals surface area (Å²) in [6.07, 6.45) is 1.31. The SMILES string of the molecule is O=C(Cn1cnc2ccccc2c1=O)c1cccc([N+](=O)[O-])c1. The van der Waals surface area contributed by atoms with Crippen LogP contribution in [-0.2, 0) is 6.54 Å². The Bertz CT molecular complexity index is 978. The quantitative estimate of drug-likeness (QED) is 0.418. The molecule has 0 fully saturated rings. The summed E-state index contributed by atoms with van der Waals surface area (Å²) in [5, 5.41) is 11.2. The van der Waals surface area contributed by atoms with E-state index < -0.39 is 10.7 Å². The number of nitro benzene ring substituents is 1. The number of aromatic nitrogens is 2. The first kappa shape index (κ1) is 14.6. The standard InChI is InChI=1S/C16H11N3O4/c20-15(11-4-3-5-12(8-11)19(22)23)9-18-10-17-14-7-2-1-6-13(14)16(18)21/h1-8,10H,9H2. The van der Waals surface area contributed by atoms with Gasteiger partial charge in [0.05, 0.1) is 28.7 Å². The summed E-state index contributed by atoms with van der Waals surface area (Å²) in [5.41, 5.74) is 0.241. The molecule has 23 heavy (non-hydrogen) atoms. The number of carbonyl (C=O) groups excluding carboxylic acids is 1. The van der Waals surface area contributed by atoms with E-state index in [0.29, 0.717) is 10.9 Å². The molecule has 0 spiro atoms. The Hall–Kier alpha value is -3.35. The molecule has 0 atom stereocenters. The van der Waals surface area contributed by atoms with Crippen molar-refractivity contribution in [1.82, 2.24) is 9.55 Å². The monoisotopic (exact) mass is 309 g/mol. The molecule has 0 aliphatic carbocycles. The summed E-state index contributed by atoms with van der Waals surface area (Å²) in [5.74, 6) is -0.395. The van der Waals surface area contributed by atoms with Gasteiger partial charge in [0.25, 0.3) is 11.2 Å². The van der Waals surface area contributed by atoms with Crippen LogP contribution in [0.4, 0.5) is 5.69 Å². The van der Waals surface area contributed by atoms with Crippen molar-refractivity contribution in [3.05, 3.63) is 80.9 Å². The van der Waals surface area contributed by atoms with Crippen LogP contribution in [0, 0.1) is 10.1 Å². The molecule has 0 saturated heterocycles. The van der Waals surface area contributed by atoms with E-state index in [-0.39, 0.29) is 23.4 Å². The Balaban J connectivity index is 1.94. The van der Waals surface area contributed by atoms with Gasteiger partial charge in [-0.3, -0.25) is 24.3 Å². The van der Waals surface area contributed by atoms with Gasteiger partial charge in [0.1, 0.15) is 0 Å². The molecule has 0 N–H and O–H groups in total. The lowest BCUT2D eigenvalue weighted by atomic mass is 10.1. The highest BCUT2D eigenvalue weighted by atomic mass is 16.6. The molecule has 0 amide bonds. The minimum atomic E-state index is -0.569. The smallest absolute Gasteiger partial charge is 0.270 e. The van der Waals surface area contributed by atoms with Crippen LogP contribution in [0.15, 0.2) is 59.7 Å². The Morgan fingerprint density at radius 1 is 1.17 bits per heavy atom. The molecular weight excluding hydrogens is 298 g/mol.